The first-order valence-corrected chi connectivity index (χ1v) is 6.14. The van der Waals surface area contributed by atoms with Crippen LogP contribution in [0.1, 0.15) is 24.5 Å². The van der Waals surface area contributed by atoms with Crippen LogP contribution in [0.15, 0.2) is 10.9 Å². The molecule has 1 aromatic heterocycles. The van der Waals surface area contributed by atoms with E-state index >= 15 is 0 Å². The molecule has 1 fully saturated rings. The third-order valence-corrected chi connectivity index (χ3v) is 3.41. The Morgan fingerprint density at radius 1 is 1.61 bits per heavy atom. The number of amides is 1. The third kappa shape index (κ3) is 2.64. The fourth-order valence-electron chi connectivity index (χ4n) is 2.31. The molecule has 1 atom stereocenters. The first-order valence-electron chi connectivity index (χ1n) is 6.14. The molecule has 2 heterocycles. The predicted octanol–water partition coefficient (Wildman–Crippen LogP) is 0.0658. The van der Waals surface area contributed by atoms with E-state index in [0.29, 0.717) is 19.6 Å². The van der Waals surface area contributed by atoms with Gasteiger partial charge in [0, 0.05) is 44.9 Å². The zero-order chi connectivity index (χ0) is 13.1. The van der Waals surface area contributed by atoms with Gasteiger partial charge in [-0.25, -0.2) is 0 Å². The molecule has 100 valence electrons. The van der Waals surface area contributed by atoms with Crippen molar-refractivity contribution < 1.29 is 9.53 Å². The number of hydrogen-bond acceptors (Lipinski definition) is 3. The summed E-state index contributed by atoms with van der Waals surface area (Å²) in [5, 5.41) is 3.03. The first-order chi connectivity index (χ1) is 8.61. The molecule has 0 aromatic carbocycles. The quantitative estimate of drug-likeness (QED) is 0.825. The van der Waals surface area contributed by atoms with Gasteiger partial charge >= 0.3 is 0 Å². The highest BCUT2D eigenvalue weighted by molar-refractivity contribution is 5.76. The lowest BCUT2D eigenvalue weighted by Gasteiger charge is -2.15. The molecular formula is C12H19N3O3. The number of aromatic amines is 1. The molecule has 0 unspecified atom stereocenters. The number of ether oxygens (including phenoxy) is 1. The molecule has 0 saturated carbocycles. The molecule has 0 spiro atoms. The van der Waals surface area contributed by atoms with Crippen molar-refractivity contribution in [2.45, 2.75) is 18.8 Å². The SMILES string of the molecule is COCCC(=O)N1CC[C@@H](c2cc(=O)n(C)[nH]2)C1. The molecule has 6 heteroatoms. The van der Waals surface area contributed by atoms with Crippen molar-refractivity contribution >= 4 is 5.91 Å². The molecule has 2 rings (SSSR count). The number of likely N-dealkylation sites (tertiary alicyclic amines) is 1. The van der Waals surface area contributed by atoms with Crippen molar-refractivity contribution in [1.29, 1.82) is 0 Å². The zero-order valence-corrected chi connectivity index (χ0v) is 10.8. The lowest BCUT2D eigenvalue weighted by Crippen LogP contribution is -2.29. The number of carbonyl (C=O) groups excluding carboxylic acids is 1. The number of nitrogens with zero attached hydrogens (tertiary/aromatic N) is 2. The van der Waals surface area contributed by atoms with Gasteiger partial charge in [0.1, 0.15) is 0 Å². The van der Waals surface area contributed by atoms with Gasteiger partial charge in [-0.1, -0.05) is 0 Å². The van der Waals surface area contributed by atoms with Gasteiger partial charge in [0.05, 0.1) is 13.0 Å². The minimum atomic E-state index is -0.0332. The van der Waals surface area contributed by atoms with Gasteiger partial charge in [0.25, 0.3) is 5.56 Å². The maximum Gasteiger partial charge on any atom is 0.266 e. The minimum Gasteiger partial charge on any atom is -0.384 e. The maximum absolute atomic E-state index is 11.8. The van der Waals surface area contributed by atoms with E-state index in [1.807, 2.05) is 4.90 Å². The van der Waals surface area contributed by atoms with E-state index in [2.05, 4.69) is 5.10 Å². The van der Waals surface area contributed by atoms with Crippen LogP contribution in [0.5, 0.6) is 0 Å². The van der Waals surface area contributed by atoms with Crippen molar-refractivity contribution in [3.63, 3.8) is 0 Å². The Bertz CT molecular complexity index is 477. The highest BCUT2D eigenvalue weighted by Gasteiger charge is 2.28. The molecule has 1 aromatic rings. The summed E-state index contributed by atoms with van der Waals surface area (Å²) in [4.78, 5) is 25.1. The molecule has 1 amide bonds. The van der Waals surface area contributed by atoms with Crippen molar-refractivity contribution in [2.75, 3.05) is 26.8 Å². The van der Waals surface area contributed by atoms with E-state index in [-0.39, 0.29) is 17.4 Å². The summed E-state index contributed by atoms with van der Waals surface area (Å²) in [6, 6.07) is 1.62. The largest absolute Gasteiger partial charge is 0.384 e. The Balaban J connectivity index is 1.96. The summed E-state index contributed by atoms with van der Waals surface area (Å²) in [5.74, 6) is 0.364. The van der Waals surface area contributed by atoms with Crippen molar-refractivity contribution in [3.05, 3.63) is 22.1 Å². The third-order valence-electron chi connectivity index (χ3n) is 3.41. The first kappa shape index (κ1) is 12.9. The maximum atomic E-state index is 11.8. The fourth-order valence-corrected chi connectivity index (χ4v) is 2.31. The van der Waals surface area contributed by atoms with Gasteiger partial charge in [-0.05, 0) is 6.42 Å². The van der Waals surface area contributed by atoms with Crippen LogP contribution in [0, 0.1) is 0 Å². The molecule has 1 aliphatic rings. The molecule has 1 aliphatic heterocycles. The van der Waals surface area contributed by atoms with Gasteiger partial charge in [-0.15, -0.1) is 0 Å². The van der Waals surface area contributed by atoms with E-state index in [1.54, 1.807) is 20.2 Å². The van der Waals surface area contributed by atoms with Crippen LogP contribution in [0.4, 0.5) is 0 Å². The average molecular weight is 253 g/mol. The van der Waals surface area contributed by atoms with Crippen LogP contribution < -0.4 is 5.56 Å². The Hall–Kier alpha value is -1.56. The topological polar surface area (TPSA) is 67.3 Å². The lowest BCUT2D eigenvalue weighted by atomic mass is 10.1. The summed E-state index contributed by atoms with van der Waals surface area (Å²) in [7, 11) is 3.29. The molecule has 6 nitrogen and oxygen atoms in total. The molecule has 1 N–H and O–H groups in total. The van der Waals surface area contributed by atoms with E-state index in [0.717, 1.165) is 18.7 Å². The number of aryl methyl sites for hydroxylation is 1. The van der Waals surface area contributed by atoms with Crippen molar-refractivity contribution in [3.8, 4) is 0 Å². The number of nitrogens with one attached hydrogen (secondary N) is 1. The van der Waals surface area contributed by atoms with Crippen LogP contribution in [-0.2, 0) is 16.6 Å². The summed E-state index contributed by atoms with van der Waals surface area (Å²) in [6.07, 6.45) is 1.33. The van der Waals surface area contributed by atoms with Gasteiger partial charge in [-0.3, -0.25) is 19.4 Å². The van der Waals surface area contributed by atoms with E-state index in [1.165, 1.54) is 4.68 Å². The molecule has 0 aliphatic carbocycles. The summed E-state index contributed by atoms with van der Waals surface area (Å²) in [5.41, 5.74) is 0.888. The standard InChI is InChI=1S/C12H19N3O3/c1-14-12(17)7-10(13-14)9-3-5-15(8-9)11(16)4-6-18-2/h7,9,13H,3-6,8H2,1-2H3/t9-/m1/s1. The Kier molecular flexibility index (Phi) is 3.86. The zero-order valence-electron chi connectivity index (χ0n) is 10.8. The van der Waals surface area contributed by atoms with E-state index in [9.17, 15) is 9.59 Å². The number of aromatic nitrogens is 2. The Labute approximate surface area is 106 Å². The number of methoxy groups -OCH3 is 1. The van der Waals surface area contributed by atoms with Gasteiger partial charge in [0.15, 0.2) is 0 Å². The summed E-state index contributed by atoms with van der Waals surface area (Å²) < 4.78 is 6.37. The van der Waals surface area contributed by atoms with Crippen LogP contribution in [0.2, 0.25) is 0 Å². The Morgan fingerprint density at radius 3 is 3.00 bits per heavy atom. The second kappa shape index (κ2) is 5.39. The van der Waals surface area contributed by atoms with Gasteiger partial charge in [-0.2, -0.15) is 0 Å². The molecule has 1 saturated heterocycles. The van der Waals surface area contributed by atoms with Crippen LogP contribution >= 0.6 is 0 Å². The Morgan fingerprint density at radius 2 is 2.39 bits per heavy atom. The summed E-state index contributed by atoms with van der Waals surface area (Å²) in [6.45, 7) is 1.90. The predicted molar refractivity (Wildman–Crippen MR) is 66.5 cm³/mol. The van der Waals surface area contributed by atoms with Crippen LogP contribution in [-0.4, -0.2) is 47.4 Å². The smallest absolute Gasteiger partial charge is 0.266 e. The molecule has 0 radical (unpaired) electrons. The number of hydrogen-bond donors (Lipinski definition) is 1. The van der Waals surface area contributed by atoms with Gasteiger partial charge in [0.2, 0.25) is 5.91 Å². The highest BCUT2D eigenvalue weighted by Crippen LogP contribution is 2.25. The monoisotopic (exact) mass is 253 g/mol. The normalized spacial score (nSPS) is 19.4. The van der Waals surface area contributed by atoms with Gasteiger partial charge < -0.3 is 9.64 Å². The van der Waals surface area contributed by atoms with Crippen LogP contribution in [0.3, 0.4) is 0 Å². The highest BCUT2D eigenvalue weighted by atomic mass is 16.5. The number of carbonyl (C=O) groups is 1. The second-order valence-electron chi connectivity index (χ2n) is 4.68. The average Bonchev–Trinajstić information content (AvgIpc) is 2.94. The van der Waals surface area contributed by atoms with Crippen molar-refractivity contribution in [2.24, 2.45) is 7.05 Å². The molecular weight excluding hydrogens is 234 g/mol. The fraction of sp³-hybridized carbons (Fsp3) is 0.667. The molecule has 18 heavy (non-hydrogen) atoms. The minimum absolute atomic E-state index is 0.0332. The van der Waals surface area contributed by atoms with E-state index in [4.69, 9.17) is 4.74 Å². The summed E-state index contributed by atoms with van der Waals surface area (Å²) >= 11 is 0. The van der Waals surface area contributed by atoms with Crippen molar-refractivity contribution in [1.82, 2.24) is 14.7 Å². The van der Waals surface area contributed by atoms with E-state index < -0.39 is 0 Å². The second-order valence-corrected chi connectivity index (χ2v) is 4.68. The number of H-pyrrole nitrogens is 1. The lowest BCUT2D eigenvalue weighted by molar-refractivity contribution is -0.131. The molecule has 0 bridgehead atoms. The number of rotatable bonds is 4. The van der Waals surface area contributed by atoms with Crippen LogP contribution in [0.25, 0.3) is 0 Å².